The molecule has 1 unspecified atom stereocenters. The Morgan fingerprint density at radius 3 is 2.95 bits per heavy atom. The van der Waals surface area contributed by atoms with E-state index in [2.05, 4.69) is 16.7 Å². The van der Waals surface area contributed by atoms with Gasteiger partial charge in [-0.15, -0.1) is 0 Å². The number of carboxylic acid groups (broad SMARTS) is 1. The third-order valence-corrected chi connectivity index (χ3v) is 7.38. The molecule has 0 saturated carbocycles. The monoisotopic (exact) mass is 542 g/mol. The number of piperidine rings is 1. The van der Waals surface area contributed by atoms with Crippen molar-refractivity contribution in [3.05, 3.63) is 53.2 Å². The number of aromatic nitrogens is 1. The van der Waals surface area contributed by atoms with Crippen LogP contribution in [0, 0.1) is 0 Å². The molecule has 39 heavy (non-hydrogen) atoms. The summed E-state index contributed by atoms with van der Waals surface area (Å²) in [6.45, 7) is 3.00. The van der Waals surface area contributed by atoms with Crippen molar-refractivity contribution in [2.45, 2.75) is 56.7 Å². The molecule has 0 aliphatic carbocycles. The smallest absolute Gasteiger partial charge is 0.326 e. The number of ether oxygens (including phenoxy) is 2. The van der Waals surface area contributed by atoms with E-state index in [1.165, 1.54) is 5.56 Å². The summed E-state index contributed by atoms with van der Waals surface area (Å²) in [5, 5.41) is 15.7. The number of nitrogens with one attached hydrogen (secondary N) is 2. The van der Waals surface area contributed by atoms with Gasteiger partial charge in [0.1, 0.15) is 29.9 Å². The maximum Gasteiger partial charge on any atom is 0.326 e. The number of aliphatic carboxylic acids is 1. The predicted molar refractivity (Wildman–Crippen MR) is 146 cm³/mol. The van der Waals surface area contributed by atoms with E-state index in [0.717, 1.165) is 30.9 Å². The number of nitrogens with zero attached hydrogens (tertiary/aromatic N) is 2. The first kappa shape index (κ1) is 28.8. The number of halogens is 1. The summed E-state index contributed by atoms with van der Waals surface area (Å²) >= 11 is 0. The van der Waals surface area contributed by atoms with E-state index in [4.69, 9.17) is 14.5 Å². The minimum Gasteiger partial charge on any atom is -0.491 e. The summed E-state index contributed by atoms with van der Waals surface area (Å²) in [6, 6.07) is 9.58. The van der Waals surface area contributed by atoms with E-state index in [9.17, 15) is 14.7 Å². The van der Waals surface area contributed by atoms with Crippen molar-refractivity contribution in [3.8, 4) is 5.75 Å². The lowest BCUT2D eigenvalue weighted by Crippen LogP contribution is -2.48. The van der Waals surface area contributed by atoms with E-state index in [-0.39, 0.29) is 13.0 Å². The Labute approximate surface area is 229 Å². The molecule has 2 aliphatic heterocycles. The van der Waals surface area contributed by atoms with Crippen LogP contribution in [-0.2, 0) is 22.4 Å². The van der Waals surface area contributed by atoms with Gasteiger partial charge in [0.25, 0.3) is 5.91 Å². The summed E-state index contributed by atoms with van der Waals surface area (Å²) in [5.41, 5.74) is 1.06. The first-order chi connectivity index (χ1) is 18.8. The summed E-state index contributed by atoms with van der Waals surface area (Å²) < 4.78 is 26.3. The SMILES string of the molecule is COCCOc1cccc(C(=O)NC(CCN2CCC[C@@](F)(CCc3ccc4c(n3)NCCC4)C2)C(=O)O)c1. The van der Waals surface area contributed by atoms with Crippen LogP contribution in [0.1, 0.15) is 53.7 Å². The number of hydrogen-bond donors (Lipinski definition) is 3. The second-order valence-corrected chi connectivity index (χ2v) is 10.4. The number of carbonyl (C=O) groups excluding carboxylic acids is 1. The van der Waals surface area contributed by atoms with Crippen molar-refractivity contribution in [1.29, 1.82) is 0 Å². The molecule has 2 aliphatic rings. The molecule has 2 atom stereocenters. The Kier molecular flexibility index (Phi) is 10.1. The molecule has 212 valence electrons. The van der Waals surface area contributed by atoms with Crippen LogP contribution >= 0.6 is 0 Å². The molecule has 1 saturated heterocycles. The summed E-state index contributed by atoms with van der Waals surface area (Å²) in [4.78, 5) is 31.3. The van der Waals surface area contributed by atoms with Crippen LogP contribution in [0.25, 0.3) is 0 Å². The lowest BCUT2D eigenvalue weighted by molar-refractivity contribution is -0.139. The van der Waals surface area contributed by atoms with Gasteiger partial charge in [0.2, 0.25) is 0 Å². The Balaban J connectivity index is 1.28. The molecule has 1 aromatic carbocycles. The number of carboxylic acids is 1. The number of rotatable bonds is 13. The van der Waals surface area contributed by atoms with Crippen LogP contribution in [0.15, 0.2) is 36.4 Å². The standard InChI is InChI=1S/C29H39FN4O5/c1-38-17-18-39-24-7-2-5-22(19-24)27(35)33-25(28(36)37)11-16-34-15-4-12-29(30,20-34)13-10-23-9-8-21-6-3-14-31-26(21)32-23/h2,5,7-9,19,25H,3-4,6,10-18,20H2,1H3,(H,31,32)(H,33,35)(H,36,37)/t25?,29-/m1/s1. The zero-order valence-corrected chi connectivity index (χ0v) is 22.6. The summed E-state index contributed by atoms with van der Waals surface area (Å²) in [5.74, 6) is -0.193. The van der Waals surface area contributed by atoms with Crippen molar-refractivity contribution in [2.75, 3.05) is 51.8 Å². The summed E-state index contributed by atoms with van der Waals surface area (Å²) in [6.07, 6.45) is 4.41. The normalized spacial score (nSPS) is 19.9. The third kappa shape index (κ3) is 8.37. The number of aryl methyl sites for hydroxylation is 2. The van der Waals surface area contributed by atoms with E-state index in [1.54, 1.807) is 31.4 Å². The number of fused-ring (bicyclic) bond motifs is 1. The number of amides is 1. The van der Waals surface area contributed by atoms with Gasteiger partial charge in [-0.3, -0.25) is 4.79 Å². The van der Waals surface area contributed by atoms with Gasteiger partial charge in [-0.2, -0.15) is 0 Å². The fourth-order valence-corrected chi connectivity index (χ4v) is 5.21. The topological polar surface area (TPSA) is 113 Å². The molecule has 9 nitrogen and oxygen atoms in total. The zero-order valence-electron chi connectivity index (χ0n) is 22.6. The Morgan fingerprint density at radius 2 is 2.13 bits per heavy atom. The highest BCUT2D eigenvalue weighted by Crippen LogP contribution is 2.31. The van der Waals surface area contributed by atoms with Gasteiger partial charge in [-0.25, -0.2) is 14.2 Å². The van der Waals surface area contributed by atoms with Crippen molar-refractivity contribution < 1.29 is 28.6 Å². The number of anilines is 1. The second kappa shape index (κ2) is 13.7. The molecule has 1 amide bonds. The maximum absolute atomic E-state index is 15.8. The maximum atomic E-state index is 15.8. The van der Waals surface area contributed by atoms with Gasteiger partial charge in [0.15, 0.2) is 0 Å². The van der Waals surface area contributed by atoms with Crippen LogP contribution in [0.4, 0.5) is 10.2 Å². The van der Waals surface area contributed by atoms with E-state index >= 15 is 4.39 Å². The number of pyridine rings is 1. The fourth-order valence-electron chi connectivity index (χ4n) is 5.21. The fraction of sp³-hybridized carbons (Fsp3) is 0.552. The lowest BCUT2D eigenvalue weighted by Gasteiger charge is -2.38. The molecule has 0 spiro atoms. The molecule has 3 heterocycles. The molecule has 4 rings (SSSR count). The molecule has 1 aromatic heterocycles. The van der Waals surface area contributed by atoms with Gasteiger partial charge < -0.3 is 30.1 Å². The van der Waals surface area contributed by atoms with E-state index < -0.39 is 23.6 Å². The van der Waals surface area contributed by atoms with E-state index in [0.29, 0.717) is 63.3 Å². The van der Waals surface area contributed by atoms with Crippen LogP contribution in [0.3, 0.4) is 0 Å². The van der Waals surface area contributed by atoms with Crippen LogP contribution in [0.2, 0.25) is 0 Å². The second-order valence-electron chi connectivity index (χ2n) is 10.4. The van der Waals surface area contributed by atoms with Crippen molar-refractivity contribution >= 4 is 17.7 Å². The minimum atomic E-state index is -1.35. The number of likely N-dealkylation sites (tertiary alicyclic amines) is 1. The number of hydrogen-bond acceptors (Lipinski definition) is 7. The molecular formula is C29H39FN4O5. The molecule has 0 bridgehead atoms. The largest absolute Gasteiger partial charge is 0.491 e. The first-order valence-corrected chi connectivity index (χ1v) is 13.7. The molecular weight excluding hydrogens is 503 g/mol. The predicted octanol–water partition coefficient (Wildman–Crippen LogP) is 3.47. The van der Waals surface area contributed by atoms with Gasteiger partial charge in [-0.1, -0.05) is 12.1 Å². The highest BCUT2D eigenvalue weighted by molar-refractivity contribution is 5.96. The van der Waals surface area contributed by atoms with Crippen LogP contribution in [-0.4, -0.2) is 85.1 Å². The van der Waals surface area contributed by atoms with Crippen LogP contribution < -0.4 is 15.4 Å². The molecule has 2 aromatic rings. The lowest BCUT2D eigenvalue weighted by atomic mass is 9.89. The van der Waals surface area contributed by atoms with Crippen molar-refractivity contribution in [2.24, 2.45) is 0 Å². The van der Waals surface area contributed by atoms with Gasteiger partial charge in [-0.05, 0) is 81.3 Å². The third-order valence-electron chi connectivity index (χ3n) is 7.38. The zero-order chi connectivity index (χ0) is 27.7. The summed E-state index contributed by atoms with van der Waals surface area (Å²) in [7, 11) is 1.57. The van der Waals surface area contributed by atoms with Gasteiger partial charge in [0, 0.05) is 38.0 Å². The van der Waals surface area contributed by atoms with Crippen molar-refractivity contribution in [1.82, 2.24) is 15.2 Å². The Morgan fingerprint density at radius 1 is 1.26 bits per heavy atom. The van der Waals surface area contributed by atoms with E-state index in [1.807, 2.05) is 11.0 Å². The number of carbonyl (C=O) groups is 2. The van der Waals surface area contributed by atoms with Crippen molar-refractivity contribution in [3.63, 3.8) is 0 Å². The number of benzene rings is 1. The number of methoxy groups -OCH3 is 1. The molecule has 3 N–H and O–H groups in total. The molecule has 1 fully saturated rings. The minimum absolute atomic E-state index is 0.180. The Hall–Kier alpha value is -3.24. The average Bonchev–Trinajstić information content (AvgIpc) is 2.94. The van der Waals surface area contributed by atoms with Crippen LogP contribution in [0.5, 0.6) is 5.75 Å². The number of alkyl halides is 1. The highest BCUT2D eigenvalue weighted by atomic mass is 19.1. The van der Waals surface area contributed by atoms with Gasteiger partial charge in [0.05, 0.1) is 6.61 Å². The van der Waals surface area contributed by atoms with Gasteiger partial charge >= 0.3 is 5.97 Å². The average molecular weight is 543 g/mol. The first-order valence-electron chi connectivity index (χ1n) is 13.7. The quantitative estimate of drug-likeness (QED) is 0.330. The Bertz CT molecular complexity index is 1130. The molecule has 10 heteroatoms. The molecule has 0 radical (unpaired) electrons. The highest BCUT2D eigenvalue weighted by Gasteiger charge is 2.35.